The van der Waals surface area contributed by atoms with Gasteiger partial charge in [-0.05, 0) is 171 Å². The number of aliphatic hydroxyl groups is 4. The first-order valence-electron chi connectivity index (χ1n) is 35.9. The van der Waals surface area contributed by atoms with Gasteiger partial charge in [0.2, 0.25) is 0 Å². The number of aromatic carboxylic acids is 1. The number of carbonyl (C=O) groups excluding carboxylic acids is 3. The van der Waals surface area contributed by atoms with E-state index >= 15 is 0 Å². The van der Waals surface area contributed by atoms with E-state index < -0.39 is 49.8 Å². The van der Waals surface area contributed by atoms with Crippen LogP contribution in [-0.4, -0.2) is 179 Å². The molecule has 12 N–H and O–H groups in total. The Morgan fingerprint density at radius 1 is 0.581 bits per heavy atom. The van der Waals surface area contributed by atoms with Crippen LogP contribution in [0.5, 0.6) is 28.7 Å². The van der Waals surface area contributed by atoms with Crippen LogP contribution in [0.25, 0.3) is 21.5 Å². The molecule has 2 heterocycles. The van der Waals surface area contributed by atoms with Crippen molar-refractivity contribution in [3.8, 4) is 28.7 Å². The van der Waals surface area contributed by atoms with E-state index in [1.807, 2.05) is 134 Å². The molecule has 0 radical (unpaired) electrons. The molecule has 11 aromatic rings. The normalized spacial score (nSPS) is 11.3. The second kappa shape index (κ2) is 54.3. The van der Waals surface area contributed by atoms with Crippen molar-refractivity contribution in [1.29, 1.82) is 0.594 Å². The number of phenolic OH excluding ortho intramolecular Hbond substituents is 1. The number of alkyl halides is 1. The second-order valence-corrected chi connectivity index (χ2v) is 30.1. The van der Waals surface area contributed by atoms with Gasteiger partial charge in [-0.3, -0.25) is 32.4 Å². The number of nitrogens with two attached hydrogens (primary N) is 1. The molecule has 0 saturated heterocycles. The standard InChI is InChI=1S/C20H23NO4S.C17H19NO4S.2C11H11NO3.C9H13NOS.C8H8O4.C8H8OS.CH4I.CH5N/c1-14-9-10-16(11-17(14)13-22)20(24)21(3)12-19(25-15(2)23)26-18-7-5-4-6-8-18;1-18(9-10-23(22)15-5-3-2-4-6-15)17(21)13-7-8-16(20)14(11-13)12-19;1-12-6-5-7-8(11(12)14)3-4-9(13)10(7)15-2;1-12-3-2-7-5-10(14)8(6-13)4-9(7)11(12)15;1-10-7-8-12(11)9-5-3-2-4-6-9;9-4-6-3-5(8(11)12)1-2-7(6)10;1-2-10(9)8-6-4-3-5-7-8;2*1-2/h4-11,19,22H,12-13H2,1-3H3;2-8,11,19-20H,9-10,12H2,1H3;3-6,13H,1-2H3;2-5,13-14H,6H2,1H3;2-6,10H,7-8H2,1H3;1-3,9-10H,4H2,(H,11,12);2-7H,1H2;2H,1H3;2H2,1H3/q;;;;;;;-1;/i;;;;;;;2D;. The number of likely N-dealkylation sites (N-methyl/N-ethyl adjacent to an activating group) is 1. The van der Waals surface area contributed by atoms with Crippen LogP contribution < -0.4 is 49.3 Å². The van der Waals surface area contributed by atoms with Crippen LogP contribution in [0.1, 0.15) is 65.8 Å². The van der Waals surface area contributed by atoms with Crippen molar-refractivity contribution in [1.82, 2.24) is 24.3 Å². The van der Waals surface area contributed by atoms with Gasteiger partial charge in [0, 0.05) is 136 Å². The predicted molar refractivity (Wildman–Crippen MR) is 458 cm³/mol. The number of nitrogens with one attached hydrogen (secondary N) is 1. The fourth-order valence-electron chi connectivity index (χ4n) is 10.0. The predicted octanol–water partition coefficient (Wildman–Crippen LogP) is 7.00. The van der Waals surface area contributed by atoms with Gasteiger partial charge in [0.25, 0.3) is 22.9 Å². The summed E-state index contributed by atoms with van der Waals surface area (Å²) >= 11 is 1.23. The third-order valence-corrected chi connectivity index (χ3v) is 21.1. The molecule has 9 aromatic carbocycles. The molecule has 0 aliphatic rings. The average Bonchev–Trinajstić information content (AvgIpc) is 0.803. The van der Waals surface area contributed by atoms with Gasteiger partial charge in [0.15, 0.2) is 16.9 Å². The van der Waals surface area contributed by atoms with Crippen molar-refractivity contribution in [2.45, 2.75) is 65.3 Å². The molecule has 31 heteroatoms. The van der Waals surface area contributed by atoms with E-state index in [9.17, 15) is 61.8 Å². The van der Waals surface area contributed by atoms with E-state index in [0.717, 1.165) is 37.3 Å². The summed E-state index contributed by atoms with van der Waals surface area (Å²) in [6.45, 7) is 6.96. The molecule has 0 fully saturated rings. The number of phenols is 4. The number of rotatable bonds is 23. The van der Waals surface area contributed by atoms with E-state index in [1.165, 1.54) is 112 Å². The molecule has 0 bridgehead atoms. The number of nitrogens with zero attached hydrogens (tertiary/aromatic N) is 4. The number of carboxylic acid groups (broad SMARTS) is 1. The van der Waals surface area contributed by atoms with E-state index in [2.05, 4.69) is 17.6 Å². The number of esters is 1. The number of ether oxygens (including phenoxy) is 2. The number of fused-ring (bicyclic) bond motifs is 2. The quantitative estimate of drug-likeness (QED) is 0.0101. The molecule has 628 valence electrons. The molecule has 0 saturated carbocycles. The van der Waals surface area contributed by atoms with Crippen LogP contribution in [-0.2, 0) is 82.5 Å². The molecule has 0 aliphatic heterocycles. The van der Waals surface area contributed by atoms with Gasteiger partial charge in [0.05, 0.1) is 83.4 Å². The molecular weight excluding hydrogens is 1690 g/mol. The number of amides is 2. The zero-order chi connectivity index (χ0) is 88.0. The summed E-state index contributed by atoms with van der Waals surface area (Å²) in [6, 6.07) is 60.4. The zero-order valence-corrected chi connectivity index (χ0v) is 71.9. The molecule has 4 unspecified atom stereocenters. The molecule has 117 heavy (non-hydrogen) atoms. The Kier molecular flexibility index (Phi) is 45.8. The number of aliphatic hydroxyl groups excluding tert-OH is 4. The van der Waals surface area contributed by atoms with Crippen LogP contribution in [0.2, 0.25) is 0 Å². The van der Waals surface area contributed by atoms with Gasteiger partial charge in [-0.1, -0.05) is 97.2 Å². The summed E-state index contributed by atoms with van der Waals surface area (Å²) in [5.74, 6) is -0.629. The first-order valence-corrected chi connectivity index (χ1v) is 42.5. The van der Waals surface area contributed by atoms with E-state index in [0.29, 0.717) is 67.6 Å². The Hall–Kier alpha value is -10.7. The van der Waals surface area contributed by atoms with E-state index in [1.54, 1.807) is 83.0 Å². The summed E-state index contributed by atoms with van der Waals surface area (Å²) in [7, 11) is 8.44. The van der Waals surface area contributed by atoms with Gasteiger partial charge in [-0.15, -0.1) is 0 Å². The van der Waals surface area contributed by atoms with Gasteiger partial charge in [0.1, 0.15) is 17.2 Å². The molecular formula is C86H102IN6O20S4-. The molecule has 0 aliphatic carbocycles. The van der Waals surface area contributed by atoms with E-state index in [4.69, 9.17) is 35.6 Å². The molecule has 26 nitrogen and oxygen atoms in total. The van der Waals surface area contributed by atoms with Crippen LogP contribution in [0.15, 0.2) is 266 Å². The Morgan fingerprint density at radius 2 is 1.02 bits per heavy atom. The van der Waals surface area contributed by atoms with Crippen molar-refractivity contribution in [2.75, 3.05) is 71.4 Å². The minimum atomic E-state index is -1.16. The van der Waals surface area contributed by atoms with Gasteiger partial charge in [-0.2, -0.15) is 0 Å². The molecule has 11 rings (SSSR count). The van der Waals surface area contributed by atoms with Gasteiger partial charge >= 0.3 is 39.9 Å². The Bertz CT molecular complexity index is 5170. The van der Waals surface area contributed by atoms with Crippen molar-refractivity contribution < 1.29 is 110 Å². The molecule has 2 aromatic heterocycles. The van der Waals surface area contributed by atoms with Crippen molar-refractivity contribution in [2.24, 2.45) is 19.8 Å². The second-order valence-electron chi connectivity index (χ2n) is 24.4. The number of thioether (sulfide) groups is 1. The van der Waals surface area contributed by atoms with Crippen molar-refractivity contribution in [3.63, 3.8) is 0 Å². The van der Waals surface area contributed by atoms with Crippen molar-refractivity contribution in [3.05, 3.63) is 302 Å². The summed E-state index contributed by atoms with van der Waals surface area (Å²) in [4.78, 5) is 78.6. The van der Waals surface area contributed by atoms with Crippen LogP contribution in [0.3, 0.4) is 0 Å². The summed E-state index contributed by atoms with van der Waals surface area (Å²) in [5.41, 5.74) is 7.21. The van der Waals surface area contributed by atoms with Gasteiger partial charge < -0.3 is 85.4 Å². The Labute approximate surface area is 706 Å². The minimum absolute atomic E-state index is 0.0123. The Balaban J connectivity index is 0.000000361. The molecule has 2 amide bonds. The number of methoxy groups -OCH3 is 1. The summed E-state index contributed by atoms with van der Waals surface area (Å²) in [6.07, 6.45) is 3.29. The van der Waals surface area contributed by atoms with Gasteiger partial charge in [-0.25, -0.2) is 9.00 Å². The first kappa shape index (κ1) is 98.7. The van der Waals surface area contributed by atoms with E-state index in [-0.39, 0.29) is 112 Å². The number of aromatic nitrogens is 2. The SMILES string of the molecule is C=CS(=O)c1ccccc1.CC(=O)OC(CN(C)C(=O)c1ccc(C)c(CO)c1)Sc1ccccc1.CN.CN(CCS(=O)c1ccccc1)C(=O)c1ccc(O)c(CO)c1.CNCCS(=O)c1ccccc1.COc1c(O)ccc2c(=O)n(C)ccc12.Cn1ccc2cc(O)c(CO)cc2c1=O.O=C(O)c1ccc(O)c(CO)c1.[2H][I-]C. The first-order chi connectivity index (χ1) is 56.4. The fraction of sp³-hybridized carbons (Fsp3) is 0.233. The third kappa shape index (κ3) is 33.1. The molecule has 0 spiro atoms. The topological polar surface area (TPSA) is 409 Å². The van der Waals surface area contributed by atoms with Crippen LogP contribution in [0, 0.1) is 6.92 Å². The van der Waals surface area contributed by atoms with Crippen LogP contribution >= 0.6 is 11.8 Å². The summed E-state index contributed by atoms with van der Waals surface area (Å²) < 4.78 is 54.3. The number of aryl methyl sites for hydroxylation is 3. The number of hydrogen-bond acceptors (Lipinski definition) is 22. The maximum atomic E-state index is 12.7. The zero-order valence-electron chi connectivity index (χ0n) is 67.5. The molecule has 4 atom stereocenters. The maximum absolute atomic E-state index is 12.7. The number of halogens is 1. The number of hydrogen-bond donors (Lipinski definition) is 11. The third-order valence-electron chi connectivity index (χ3n) is 16.3. The Morgan fingerprint density at radius 3 is 1.50 bits per heavy atom. The van der Waals surface area contributed by atoms with Crippen molar-refractivity contribution >= 4 is 89.5 Å². The average molecular weight is 1800 g/mol. The fourth-order valence-corrected chi connectivity index (χ4v) is 14.0. The van der Waals surface area contributed by atoms with Crippen LogP contribution in [0.4, 0.5) is 0 Å². The number of carbonyl (C=O) groups is 4. The number of carboxylic acids is 1. The number of pyridine rings is 2. The summed E-state index contributed by atoms with van der Waals surface area (Å²) in [5, 5.41) is 89.1. The number of aromatic hydroxyl groups is 4. The number of benzene rings is 9. The monoisotopic (exact) mass is 1790 g/mol.